The largest absolute Gasteiger partial charge is 3.00 e. The van der Waals surface area contributed by atoms with Crippen molar-refractivity contribution in [2.75, 3.05) is 0 Å². The van der Waals surface area contributed by atoms with Gasteiger partial charge in [0.2, 0.25) is 8.32 Å². The quantitative estimate of drug-likeness (QED) is 0.460. The summed E-state index contributed by atoms with van der Waals surface area (Å²) >= 11 is 0. The van der Waals surface area contributed by atoms with Crippen LogP contribution < -0.4 is 30.1 Å². The molecule has 0 fully saturated rings. The Balaban J connectivity index is -0.00000133. The number of hydrogen-bond donors (Lipinski definition) is 1. The first-order valence-electron chi connectivity index (χ1n) is 7.55. The zero-order valence-electron chi connectivity index (χ0n) is 15.7. The summed E-state index contributed by atoms with van der Waals surface area (Å²) in [5.74, 6) is 0.963. The van der Waals surface area contributed by atoms with E-state index in [4.69, 9.17) is 4.43 Å². The number of nitrogens with one attached hydrogen (secondary N) is 1. The molecule has 0 bridgehead atoms. The normalized spacial score (nSPS) is 16.2. The summed E-state index contributed by atoms with van der Waals surface area (Å²) in [6.45, 7) is 17.5. The Bertz CT molecular complexity index is 426. The van der Waals surface area contributed by atoms with E-state index in [0.29, 0.717) is 0 Å². The standard InChI is InChI=1S/C17H30NOSi.2ClH.Ti/c1-9-10-13(2)14-11-15(18-17(3,4)5)16(12-14)19-20(6,7)8;;;/h12,18H,9-10H2,1-8H3;2*1H;/q-1;;;+3/p-2. The predicted octanol–water partition coefficient (Wildman–Crippen LogP) is -1.07. The van der Waals surface area contributed by atoms with Gasteiger partial charge < -0.3 is 34.6 Å². The van der Waals surface area contributed by atoms with Gasteiger partial charge in [0, 0.05) is 11.3 Å². The summed E-state index contributed by atoms with van der Waals surface area (Å²) in [5.41, 5.74) is 3.59. The molecule has 23 heavy (non-hydrogen) atoms. The Hall–Kier alpha value is 0.331. The van der Waals surface area contributed by atoms with Gasteiger partial charge in [-0.3, -0.25) is 0 Å². The molecule has 1 rings (SSSR count). The molecule has 0 spiro atoms. The molecule has 0 aromatic carbocycles. The predicted molar refractivity (Wildman–Crippen MR) is 89.8 cm³/mol. The molecule has 131 valence electrons. The van der Waals surface area contributed by atoms with Crippen molar-refractivity contribution in [2.45, 2.75) is 72.6 Å². The molecule has 1 aliphatic carbocycles. The molecule has 0 aromatic rings. The van der Waals surface area contributed by atoms with Gasteiger partial charge in [-0.05, 0) is 46.1 Å². The third-order valence-electron chi connectivity index (χ3n) is 2.78. The van der Waals surface area contributed by atoms with Crippen molar-refractivity contribution < 1.29 is 51.0 Å². The number of hydrogen-bond acceptors (Lipinski definition) is 2. The van der Waals surface area contributed by atoms with Gasteiger partial charge in [0.15, 0.2) is 0 Å². The Morgan fingerprint density at radius 3 is 2.13 bits per heavy atom. The van der Waals surface area contributed by atoms with Gasteiger partial charge in [-0.15, -0.1) is 17.7 Å². The second-order valence-corrected chi connectivity index (χ2v) is 12.0. The maximum Gasteiger partial charge on any atom is 3.00 e. The minimum atomic E-state index is -1.61. The first kappa shape index (κ1) is 28.1. The number of allylic oxidation sites excluding steroid dienone is 4. The third-order valence-corrected chi connectivity index (χ3v) is 3.61. The minimum Gasteiger partial charge on any atom is -1.00 e. The molecule has 6 heteroatoms. The van der Waals surface area contributed by atoms with Crippen LogP contribution in [0.15, 0.2) is 28.7 Å². The molecule has 1 N–H and O–H groups in total. The van der Waals surface area contributed by atoms with E-state index in [-0.39, 0.29) is 52.1 Å². The van der Waals surface area contributed by atoms with Crippen LogP contribution in [0, 0.1) is 6.08 Å². The van der Waals surface area contributed by atoms with Crippen molar-refractivity contribution in [3.8, 4) is 0 Å². The van der Waals surface area contributed by atoms with Gasteiger partial charge in [-0.1, -0.05) is 26.7 Å². The van der Waals surface area contributed by atoms with Gasteiger partial charge in [0.05, 0.1) is 0 Å². The summed E-state index contributed by atoms with van der Waals surface area (Å²) in [6, 6.07) is 0. The Morgan fingerprint density at radius 1 is 1.22 bits per heavy atom. The molecular formula is C17H30Cl2NOSiTi. The molecule has 0 saturated heterocycles. The monoisotopic (exact) mass is 410 g/mol. The van der Waals surface area contributed by atoms with Crippen molar-refractivity contribution in [3.05, 3.63) is 34.8 Å². The number of rotatable bonds is 5. The van der Waals surface area contributed by atoms with Gasteiger partial charge in [0.1, 0.15) is 0 Å². The van der Waals surface area contributed by atoms with Crippen LogP contribution in [0.1, 0.15) is 47.5 Å². The van der Waals surface area contributed by atoms with Crippen molar-refractivity contribution in [1.82, 2.24) is 5.32 Å². The molecular weight excluding hydrogens is 381 g/mol. The first-order chi connectivity index (χ1) is 9.02. The van der Waals surface area contributed by atoms with Crippen LogP contribution in [-0.2, 0) is 26.1 Å². The topological polar surface area (TPSA) is 21.3 Å². The maximum absolute atomic E-state index is 6.22. The van der Waals surface area contributed by atoms with E-state index < -0.39 is 8.32 Å². The van der Waals surface area contributed by atoms with Crippen LogP contribution in [0.4, 0.5) is 0 Å². The Labute approximate surface area is 171 Å². The van der Waals surface area contributed by atoms with Crippen molar-refractivity contribution in [2.24, 2.45) is 0 Å². The van der Waals surface area contributed by atoms with Gasteiger partial charge in [-0.2, -0.15) is 5.57 Å². The first-order valence-corrected chi connectivity index (χ1v) is 11.0. The van der Waals surface area contributed by atoms with Crippen LogP contribution in [0.5, 0.6) is 0 Å². The average Bonchev–Trinajstić information content (AvgIpc) is 2.57. The van der Waals surface area contributed by atoms with Gasteiger partial charge in [-0.25, -0.2) is 0 Å². The van der Waals surface area contributed by atoms with E-state index in [0.717, 1.165) is 24.3 Å². The molecule has 0 aliphatic heterocycles. The molecule has 0 unspecified atom stereocenters. The van der Waals surface area contributed by atoms with E-state index in [1.165, 1.54) is 11.1 Å². The maximum atomic E-state index is 6.22. The summed E-state index contributed by atoms with van der Waals surface area (Å²) in [6.07, 6.45) is 7.92. The number of halogens is 2. The van der Waals surface area contributed by atoms with Crippen LogP contribution in [0.3, 0.4) is 0 Å². The van der Waals surface area contributed by atoms with Crippen LogP contribution in [0.25, 0.3) is 0 Å². The molecule has 2 nitrogen and oxygen atoms in total. The molecule has 0 saturated carbocycles. The molecule has 1 aliphatic rings. The van der Waals surface area contributed by atoms with E-state index in [9.17, 15) is 0 Å². The Morgan fingerprint density at radius 2 is 1.74 bits per heavy atom. The molecule has 0 amide bonds. The van der Waals surface area contributed by atoms with Crippen LogP contribution >= 0.6 is 0 Å². The summed E-state index contributed by atoms with van der Waals surface area (Å²) < 4.78 is 6.22. The molecule has 0 aromatic heterocycles. The zero-order chi connectivity index (χ0) is 15.6. The average molecular weight is 411 g/mol. The van der Waals surface area contributed by atoms with E-state index in [2.05, 4.69) is 71.7 Å². The fourth-order valence-corrected chi connectivity index (χ4v) is 2.87. The van der Waals surface area contributed by atoms with E-state index in [1.54, 1.807) is 0 Å². The fraction of sp³-hybridized carbons (Fsp3) is 0.647. The third kappa shape index (κ3) is 10.7. The molecule has 0 heterocycles. The van der Waals surface area contributed by atoms with E-state index >= 15 is 0 Å². The molecule has 0 atom stereocenters. The summed E-state index contributed by atoms with van der Waals surface area (Å²) in [4.78, 5) is 0. The second kappa shape index (κ2) is 11.0. The van der Waals surface area contributed by atoms with E-state index in [1.807, 2.05) is 0 Å². The molecule has 1 radical (unpaired) electrons. The zero-order valence-corrected chi connectivity index (χ0v) is 19.7. The Kier molecular flexibility index (Phi) is 13.5. The minimum absolute atomic E-state index is 0. The van der Waals surface area contributed by atoms with Crippen molar-refractivity contribution in [1.29, 1.82) is 0 Å². The summed E-state index contributed by atoms with van der Waals surface area (Å²) in [7, 11) is -1.61. The van der Waals surface area contributed by atoms with Crippen molar-refractivity contribution >= 4 is 8.32 Å². The van der Waals surface area contributed by atoms with Crippen molar-refractivity contribution in [3.63, 3.8) is 0 Å². The van der Waals surface area contributed by atoms with Crippen LogP contribution in [-0.4, -0.2) is 13.9 Å². The fourth-order valence-electron chi connectivity index (χ4n) is 2.05. The second-order valence-electron chi connectivity index (χ2n) is 7.54. The smallest absolute Gasteiger partial charge is 1.00 e. The van der Waals surface area contributed by atoms with Crippen LogP contribution in [0.2, 0.25) is 19.6 Å². The van der Waals surface area contributed by atoms with Gasteiger partial charge in [0.25, 0.3) is 0 Å². The summed E-state index contributed by atoms with van der Waals surface area (Å²) in [5, 5.41) is 3.52. The SMILES string of the molecule is CCCC(C)=C1[C-]=C(NC(C)(C)C)C(O[Si](C)(C)C)=C1.[Cl-].[Cl-].[Ti+3]. The van der Waals surface area contributed by atoms with Gasteiger partial charge >= 0.3 is 21.7 Å².